The molecular weight excluding hydrogens is 327 g/mol. The van der Waals surface area contributed by atoms with Gasteiger partial charge in [-0.2, -0.15) is 13.2 Å². The number of rotatable bonds is 3. The highest BCUT2D eigenvalue weighted by Crippen LogP contribution is 2.43. The van der Waals surface area contributed by atoms with Gasteiger partial charge in [0.25, 0.3) is 0 Å². The SMILES string of the molecule is CC(C)(C)c1ccc([C@@H]2C[C@H]3CC[C@@H](C2)N3CC(O)C(F)(F)F)cc1. The summed E-state index contributed by atoms with van der Waals surface area (Å²) in [6.07, 6.45) is -3.12. The predicted molar refractivity (Wildman–Crippen MR) is 92.7 cm³/mol. The maximum atomic E-state index is 12.7. The van der Waals surface area contributed by atoms with Crippen LogP contribution in [-0.2, 0) is 5.41 Å². The second kappa shape index (κ2) is 6.58. The molecule has 0 radical (unpaired) electrons. The molecule has 0 amide bonds. The molecule has 0 saturated carbocycles. The maximum Gasteiger partial charge on any atom is 0.415 e. The smallest absolute Gasteiger partial charge is 0.382 e. The number of aliphatic hydroxyl groups is 1. The van der Waals surface area contributed by atoms with Gasteiger partial charge in [-0.05, 0) is 48.1 Å². The molecule has 2 nitrogen and oxygen atoms in total. The first-order valence-corrected chi connectivity index (χ1v) is 9.16. The van der Waals surface area contributed by atoms with Crippen LogP contribution in [0.5, 0.6) is 0 Å². The lowest BCUT2D eigenvalue weighted by molar-refractivity contribution is -0.210. The third-order valence-electron chi connectivity index (χ3n) is 5.89. The number of benzene rings is 1. The lowest BCUT2D eigenvalue weighted by Gasteiger charge is -2.40. The standard InChI is InChI=1S/C20H28F3NO/c1-19(2,3)15-6-4-13(5-7-15)14-10-16-8-9-17(11-14)24(16)12-18(25)20(21,22)23/h4-7,14,16-18,25H,8-12H2,1-3H3/t14-,16-,17+,18?. The minimum absolute atomic E-state index is 0.120. The summed E-state index contributed by atoms with van der Waals surface area (Å²) in [4.78, 5) is 1.90. The van der Waals surface area contributed by atoms with Crippen LogP contribution in [0, 0.1) is 0 Å². The number of alkyl halides is 3. The average Bonchev–Trinajstić information content (AvgIpc) is 2.75. The first-order chi connectivity index (χ1) is 11.6. The van der Waals surface area contributed by atoms with E-state index in [1.807, 2.05) is 4.90 Å². The van der Waals surface area contributed by atoms with Crippen LogP contribution < -0.4 is 0 Å². The fourth-order valence-electron chi connectivity index (χ4n) is 4.40. The number of aliphatic hydroxyl groups excluding tert-OH is 1. The normalized spacial score (nSPS) is 29.0. The predicted octanol–water partition coefficient (Wildman–Crippen LogP) is 4.62. The highest BCUT2D eigenvalue weighted by Gasteiger charge is 2.46. The molecule has 4 atom stereocenters. The van der Waals surface area contributed by atoms with Crippen LogP contribution in [0.2, 0.25) is 0 Å². The molecule has 5 heteroatoms. The Morgan fingerprint density at radius 3 is 2.00 bits per heavy atom. The van der Waals surface area contributed by atoms with Gasteiger partial charge in [0.05, 0.1) is 0 Å². The van der Waals surface area contributed by atoms with E-state index in [2.05, 4.69) is 45.0 Å². The molecule has 1 aromatic rings. The Morgan fingerprint density at radius 1 is 1.04 bits per heavy atom. The first-order valence-electron chi connectivity index (χ1n) is 9.16. The summed E-state index contributed by atoms with van der Waals surface area (Å²) >= 11 is 0. The summed E-state index contributed by atoms with van der Waals surface area (Å²) in [6.45, 7) is 6.28. The van der Waals surface area contributed by atoms with Gasteiger partial charge in [-0.1, -0.05) is 45.0 Å². The number of halogens is 3. The van der Waals surface area contributed by atoms with Crippen molar-refractivity contribution in [2.24, 2.45) is 0 Å². The number of nitrogens with zero attached hydrogens (tertiary/aromatic N) is 1. The molecule has 1 N–H and O–H groups in total. The molecule has 0 aromatic heterocycles. The van der Waals surface area contributed by atoms with Crippen LogP contribution in [0.1, 0.15) is 63.5 Å². The van der Waals surface area contributed by atoms with Crippen LogP contribution >= 0.6 is 0 Å². The van der Waals surface area contributed by atoms with E-state index >= 15 is 0 Å². The van der Waals surface area contributed by atoms with E-state index in [1.165, 1.54) is 11.1 Å². The van der Waals surface area contributed by atoms with Gasteiger partial charge >= 0.3 is 6.18 Å². The summed E-state index contributed by atoms with van der Waals surface area (Å²) in [5.41, 5.74) is 2.71. The van der Waals surface area contributed by atoms with Crippen LogP contribution in [0.4, 0.5) is 13.2 Å². The van der Waals surface area contributed by atoms with Crippen molar-refractivity contribution in [3.63, 3.8) is 0 Å². The molecule has 140 valence electrons. The zero-order valence-electron chi connectivity index (χ0n) is 15.2. The molecule has 1 unspecified atom stereocenters. The van der Waals surface area contributed by atoms with E-state index in [0.717, 1.165) is 25.7 Å². The van der Waals surface area contributed by atoms with Gasteiger partial charge in [-0.15, -0.1) is 0 Å². The van der Waals surface area contributed by atoms with Gasteiger partial charge in [0.15, 0.2) is 6.10 Å². The molecule has 2 aliphatic rings. The highest BCUT2D eigenvalue weighted by atomic mass is 19.4. The largest absolute Gasteiger partial charge is 0.415 e. The van der Waals surface area contributed by atoms with Crippen molar-refractivity contribution in [3.05, 3.63) is 35.4 Å². The van der Waals surface area contributed by atoms with Crippen molar-refractivity contribution < 1.29 is 18.3 Å². The number of hydrogen-bond donors (Lipinski definition) is 1. The molecule has 1 aromatic carbocycles. The highest BCUT2D eigenvalue weighted by molar-refractivity contribution is 5.30. The minimum Gasteiger partial charge on any atom is -0.382 e. The number of fused-ring (bicyclic) bond motifs is 2. The summed E-state index contributed by atoms with van der Waals surface area (Å²) in [7, 11) is 0. The van der Waals surface area contributed by atoms with Crippen molar-refractivity contribution in [2.45, 2.75) is 82.2 Å². The molecule has 2 fully saturated rings. The zero-order valence-corrected chi connectivity index (χ0v) is 15.2. The Bertz CT molecular complexity index is 576. The molecule has 3 rings (SSSR count). The molecule has 25 heavy (non-hydrogen) atoms. The monoisotopic (exact) mass is 355 g/mol. The van der Waals surface area contributed by atoms with Crippen molar-refractivity contribution in [2.75, 3.05) is 6.54 Å². The van der Waals surface area contributed by atoms with E-state index in [1.54, 1.807) is 0 Å². The molecule has 0 spiro atoms. The minimum atomic E-state index is -4.53. The number of piperidine rings is 1. The second-order valence-electron chi connectivity index (χ2n) is 8.68. The van der Waals surface area contributed by atoms with Crippen molar-refractivity contribution in [3.8, 4) is 0 Å². The molecule has 2 aliphatic heterocycles. The van der Waals surface area contributed by atoms with Crippen molar-refractivity contribution in [1.29, 1.82) is 0 Å². The lowest BCUT2D eigenvalue weighted by atomic mass is 9.82. The van der Waals surface area contributed by atoms with Crippen LogP contribution in [0.15, 0.2) is 24.3 Å². The zero-order chi connectivity index (χ0) is 18.4. The van der Waals surface area contributed by atoms with E-state index in [9.17, 15) is 18.3 Å². The topological polar surface area (TPSA) is 23.5 Å². The molecule has 2 saturated heterocycles. The quantitative estimate of drug-likeness (QED) is 0.855. The lowest BCUT2D eigenvalue weighted by Crippen LogP contribution is -2.49. The Hall–Kier alpha value is -1.07. The van der Waals surface area contributed by atoms with Crippen LogP contribution in [-0.4, -0.2) is 40.9 Å². The fraction of sp³-hybridized carbons (Fsp3) is 0.700. The van der Waals surface area contributed by atoms with E-state index in [4.69, 9.17) is 0 Å². The maximum absolute atomic E-state index is 12.7. The molecule has 2 bridgehead atoms. The Kier molecular flexibility index (Phi) is 4.93. The van der Waals surface area contributed by atoms with Crippen molar-refractivity contribution >= 4 is 0 Å². The van der Waals surface area contributed by atoms with E-state index in [0.29, 0.717) is 5.92 Å². The van der Waals surface area contributed by atoms with Crippen LogP contribution in [0.25, 0.3) is 0 Å². The Balaban J connectivity index is 1.67. The molecule has 0 aliphatic carbocycles. The van der Waals surface area contributed by atoms with Crippen molar-refractivity contribution in [1.82, 2.24) is 4.90 Å². The van der Waals surface area contributed by atoms with E-state index < -0.39 is 12.3 Å². The average molecular weight is 355 g/mol. The molecule has 2 heterocycles. The number of hydrogen-bond acceptors (Lipinski definition) is 2. The summed E-state index contributed by atoms with van der Waals surface area (Å²) < 4.78 is 38.0. The summed E-state index contributed by atoms with van der Waals surface area (Å²) in [5, 5.41) is 9.42. The fourth-order valence-corrected chi connectivity index (χ4v) is 4.40. The van der Waals surface area contributed by atoms with Crippen LogP contribution in [0.3, 0.4) is 0 Å². The van der Waals surface area contributed by atoms with E-state index in [-0.39, 0.29) is 24.0 Å². The van der Waals surface area contributed by atoms with Gasteiger partial charge in [-0.3, -0.25) is 4.90 Å². The van der Waals surface area contributed by atoms with Gasteiger partial charge < -0.3 is 5.11 Å². The van der Waals surface area contributed by atoms with Gasteiger partial charge in [0.2, 0.25) is 0 Å². The molecular formula is C20H28F3NO. The van der Waals surface area contributed by atoms with Gasteiger partial charge in [0, 0.05) is 18.6 Å². The second-order valence-corrected chi connectivity index (χ2v) is 8.68. The Morgan fingerprint density at radius 2 is 1.56 bits per heavy atom. The summed E-state index contributed by atoms with van der Waals surface area (Å²) in [5.74, 6) is 0.408. The first kappa shape index (κ1) is 18.7. The van der Waals surface area contributed by atoms with Gasteiger partial charge in [0.1, 0.15) is 0 Å². The third kappa shape index (κ3) is 4.03. The Labute approximate surface area is 148 Å². The third-order valence-corrected chi connectivity index (χ3v) is 5.89. The van der Waals surface area contributed by atoms with Gasteiger partial charge in [-0.25, -0.2) is 0 Å². The summed E-state index contributed by atoms with van der Waals surface area (Å²) in [6, 6.07) is 9.04.